The maximum Gasteiger partial charge on any atom is 0.250 e. The number of rotatable bonds is 3. The van der Waals surface area contributed by atoms with E-state index in [1.54, 1.807) is 18.5 Å². The number of halogens is 4. The third-order valence-corrected chi connectivity index (χ3v) is 8.47. The molecule has 0 amide bonds. The maximum absolute atomic E-state index is 13.9. The molecule has 1 saturated carbocycles. The van der Waals surface area contributed by atoms with Crippen molar-refractivity contribution in [3.05, 3.63) is 46.8 Å². The van der Waals surface area contributed by atoms with Gasteiger partial charge in [-0.3, -0.25) is 4.40 Å². The Balaban J connectivity index is 1.40. The molecule has 31 heavy (non-hydrogen) atoms. The van der Waals surface area contributed by atoms with Crippen LogP contribution in [0.3, 0.4) is 0 Å². The molecule has 2 N–H and O–H groups in total. The van der Waals surface area contributed by atoms with Crippen LogP contribution >= 0.6 is 35.0 Å². The second kappa shape index (κ2) is 7.76. The topological polar surface area (TPSA) is 59.5 Å². The lowest BCUT2D eigenvalue weighted by molar-refractivity contribution is -0.00685. The number of hydrogen-bond acceptors (Lipinski definition) is 5. The molecule has 3 heterocycles. The lowest BCUT2D eigenvalue weighted by atomic mass is 9.74. The molecule has 1 aromatic carbocycles. The zero-order chi connectivity index (χ0) is 21.8. The summed E-state index contributed by atoms with van der Waals surface area (Å²) in [4.78, 5) is 13.0. The van der Waals surface area contributed by atoms with Gasteiger partial charge in [0.25, 0.3) is 0 Å². The fourth-order valence-corrected chi connectivity index (χ4v) is 6.23. The minimum atomic E-state index is -2.65. The van der Waals surface area contributed by atoms with Gasteiger partial charge >= 0.3 is 0 Å². The minimum absolute atomic E-state index is 0.112. The van der Waals surface area contributed by atoms with Crippen LogP contribution in [-0.2, 0) is 0 Å². The number of hydrogen-bond donors (Lipinski definition) is 1. The number of benzene rings is 1. The number of alkyl halides is 2. The monoisotopic (exact) mass is 483 g/mol. The van der Waals surface area contributed by atoms with Gasteiger partial charge in [-0.25, -0.2) is 18.7 Å². The van der Waals surface area contributed by atoms with Gasteiger partial charge in [0.2, 0.25) is 11.9 Å². The Morgan fingerprint density at radius 3 is 2.61 bits per heavy atom. The molecule has 1 saturated heterocycles. The number of imidazole rings is 1. The third kappa shape index (κ3) is 3.77. The van der Waals surface area contributed by atoms with Crippen LogP contribution < -0.4 is 10.6 Å². The Labute approximate surface area is 192 Å². The fourth-order valence-electron chi connectivity index (χ4n) is 4.83. The van der Waals surface area contributed by atoms with Gasteiger partial charge in [0.05, 0.1) is 14.9 Å². The van der Waals surface area contributed by atoms with E-state index in [2.05, 4.69) is 14.9 Å². The van der Waals surface area contributed by atoms with Crippen LogP contribution in [0, 0.1) is 5.41 Å². The average Bonchev–Trinajstić information content (AvgIpc) is 3.29. The Hall–Kier alpha value is -1.61. The van der Waals surface area contributed by atoms with Crippen molar-refractivity contribution in [2.45, 2.75) is 47.4 Å². The van der Waals surface area contributed by atoms with Crippen molar-refractivity contribution >= 4 is 46.6 Å². The van der Waals surface area contributed by atoms with Gasteiger partial charge in [0, 0.05) is 55.5 Å². The molecule has 5 nitrogen and oxygen atoms in total. The maximum atomic E-state index is 13.9. The first kappa shape index (κ1) is 21.2. The van der Waals surface area contributed by atoms with Crippen LogP contribution in [-0.4, -0.2) is 39.4 Å². The van der Waals surface area contributed by atoms with Crippen molar-refractivity contribution in [1.29, 1.82) is 0 Å². The van der Waals surface area contributed by atoms with Gasteiger partial charge in [-0.1, -0.05) is 41.0 Å². The predicted octanol–water partition coefficient (Wildman–Crippen LogP) is 5.53. The summed E-state index contributed by atoms with van der Waals surface area (Å²) in [6.07, 6.45) is 6.31. The van der Waals surface area contributed by atoms with E-state index < -0.39 is 17.4 Å². The van der Waals surface area contributed by atoms with Gasteiger partial charge < -0.3 is 10.6 Å². The van der Waals surface area contributed by atoms with Crippen LogP contribution in [0.2, 0.25) is 10.0 Å². The summed E-state index contributed by atoms with van der Waals surface area (Å²) in [5, 5.41) is 0.988. The molecule has 3 aromatic rings. The van der Waals surface area contributed by atoms with Crippen molar-refractivity contribution in [3.63, 3.8) is 0 Å². The van der Waals surface area contributed by atoms with E-state index >= 15 is 0 Å². The quantitative estimate of drug-likeness (QED) is 0.530. The second-order valence-corrected chi connectivity index (χ2v) is 10.3. The number of nitrogens with zero attached hydrogens (tertiary/aromatic N) is 4. The van der Waals surface area contributed by atoms with Crippen molar-refractivity contribution in [2.24, 2.45) is 11.1 Å². The summed E-state index contributed by atoms with van der Waals surface area (Å²) in [5.41, 5.74) is 6.42. The summed E-state index contributed by atoms with van der Waals surface area (Å²) in [6.45, 7) is 1.27. The molecule has 0 unspecified atom stereocenters. The molecule has 10 heteroatoms. The Morgan fingerprint density at radius 1 is 1.13 bits per heavy atom. The molecule has 2 fully saturated rings. The smallest absolute Gasteiger partial charge is 0.250 e. The average molecular weight is 484 g/mol. The van der Waals surface area contributed by atoms with E-state index in [0.29, 0.717) is 36.0 Å². The highest BCUT2D eigenvalue weighted by Crippen LogP contribution is 2.52. The standard InChI is InChI=1S/C21H21Cl2F2N5S/c22-13-2-1-3-14(17(13)23)31-15-11-28-19(30-9-6-27-18(15)30)29-7-4-20(5-8-29)12-21(24,25)10-16(20)26/h1-3,6,9,11,16H,4-5,7-8,10,12,26H2/t16-/m1/s1. The molecular weight excluding hydrogens is 463 g/mol. The van der Waals surface area contributed by atoms with Crippen molar-refractivity contribution in [2.75, 3.05) is 18.0 Å². The van der Waals surface area contributed by atoms with Crippen LogP contribution in [0.1, 0.15) is 25.7 Å². The fraction of sp³-hybridized carbons (Fsp3) is 0.429. The highest BCUT2D eigenvalue weighted by Gasteiger charge is 2.55. The summed E-state index contributed by atoms with van der Waals surface area (Å²) in [7, 11) is 0. The van der Waals surface area contributed by atoms with Gasteiger partial charge in [0.1, 0.15) is 0 Å². The predicted molar refractivity (Wildman–Crippen MR) is 120 cm³/mol. The van der Waals surface area contributed by atoms with E-state index in [1.807, 2.05) is 22.7 Å². The Kier molecular flexibility index (Phi) is 5.32. The second-order valence-electron chi connectivity index (χ2n) is 8.39. The van der Waals surface area contributed by atoms with Crippen molar-refractivity contribution in [1.82, 2.24) is 14.4 Å². The Bertz CT molecular complexity index is 1130. The zero-order valence-electron chi connectivity index (χ0n) is 16.6. The number of nitrogens with two attached hydrogens (primary N) is 1. The van der Waals surface area contributed by atoms with Gasteiger partial charge in [-0.05, 0) is 30.4 Å². The zero-order valence-corrected chi connectivity index (χ0v) is 18.9. The van der Waals surface area contributed by atoms with Crippen LogP contribution in [0.15, 0.2) is 46.6 Å². The molecule has 1 aliphatic carbocycles. The normalized spacial score (nSPS) is 22.5. The van der Waals surface area contributed by atoms with Crippen molar-refractivity contribution < 1.29 is 8.78 Å². The van der Waals surface area contributed by atoms with Crippen molar-refractivity contribution in [3.8, 4) is 0 Å². The molecule has 2 aromatic heterocycles. The number of fused-ring (bicyclic) bond motifs is 1. The molecule has 2 aliphatic rings. The summed E-state index contributed by atoms with van der Waals surface area (Å²) in [5.74, 6) is -1.90. The summed E-state index contributed by atoms with van der Waals surface area (Å²) >= 11 is 13.9. The molecule has 5 rings (SSSR count). The summed E-state index contributed by atoms with van der Waals surface area (Å²) < 4.78 is 29.8. The van der Waals surface area contributed by atoms with E-state index in [0.717, 1.165) is 21.4 Å². The molecule has 1 spiro atoms. The van der Waals surface area contributed by atoms with E-state index in [9.17, 15) is 8.78 Å². The molecule has 1 aliphatic heterocycles. The molecule has 164 valence electrons. The van der Waals surface area contributed by atoms with Crippen LogP contribution in [0.4, 0.5) is 14.7 Å². The van der Waals surface area contributed by atoms with E-state index in [-0.39, 0.29) is 12.8 Å². The number of anilines is 1. The third-order valence-electron chi connectivity index (χ3n) is 6.47. The highest BCUT2D eigenvalue weighted by molar-refractivity contribution is 7.99. The minimum Gasteiger partial charge on any atom is -0.342 e. The lowest BCUT2D eigenvalue weighted by Crippen LogP contribution is -2.47. The first-order valence-corrected chi connectivity index (χ1v) is 11.7. The number of aromatic nitrogens is 3. The first-order chi connectivity index (χ1) is 14.8. The largest absolute Gasteiger partial charge is 0.342 e. The Morgan fingerprint density at radius 2 is 1.90 bits per heavy atom. The van der Waals surface area contributed by atoms with Gasteiger partial charge in [0.15, 0.2) is 5.65 Å². The van der Waals surface area contributed by atoms with Gasteiger partial charge in [-0.2, -0.15) is 0 Å². The first-order valence-electron chi connectivity index (χ1n) is 10.1. The highest BCUT2D eigenvalue weighted by atomic mass is 35.5. The van der Waals surface area contributed by atoms with E-state index in [1.165, 1.54) is 11.8 Å². The number of piperidine rings is 1. The molecular formula is C21H21Cl2F2N5S. The lowest BCUT2D eigenvalue weighted by Gasteiger charge is -2.42. The molecule has 0 radical (unpaired) electrons. The van der Waals surface area contributed by atoms with Crippen LogP contribution in [0.5, 0.6) is 0 Å². The molecule has 0 bridgehead atoms. The molecule has 1 atom stereocenters. The summed E-state index contributed by atoms with van der Waals surface area (Å²) in [6, 6.07) is 5.04. The van der Waals surface area contributed by atoms with Gasteiger partial charge in [-0.15, -0.1) is 0 Å². The van der Waals surface area contributed by atoms with Crippen LogP contribution in [0.25, 0.3) is 5.65 Å². The van der Waals surface area contributed by atoms with E-state index in [4.69, 9.17) is 28.9 Å². The SMILES string of the molecule is N[C@@H]1CC(F)(F)CC12CCN(c1ncc(Sc3cccc(Cl)c3Cl)c3nccn13)CC2.